The Morgan fingerprint density at radius 3 is 2.37 bits per heavy atom. The average Bonchev–Trinajstić information content (AvgIpc) is 3.44. The van der Waals surface area contributed by atoms with Gasteiger partial charge in [-0.15, -0.1) is 0 Å². The molecule has 2 heterocycles. The number of piperidine rings is 1. The standard InChI is InChI=1S/C25H33N5O3.C9H9N/c1-32-20-9-10-21(22(16-20)33-2)30(23(26)11-8-18-6-4-3-5-7-18)24(27)17-29-25(31)19-12-14-28-15-13-19;1-7-6-10-9-5-3-2-4-8(7)9/h3-7,9-10,16,19,26-28H,8,11-15,17H2,1-2H3,(H,29,31);2-6,10H,1H3. The van der Waals surface area contributed by atoms with Crippen molar-refractivity contribution in [2.24, 2.45) is 5.92 Å². The molecule has 1 amide bonds. The van der Waals surface area contributed by atoms with Gasteiger partial charge in [-0.3, -0.25) is 20.5 Å². The molecule has 0 spiro atoms. The molecule has 1 aromatic heterocycles. The number of aromatic nitrogens is 1. The number of benzene rings is 3. The van der Waals surface area contributed by atoms with Gasteiger partial charge in [-0.05, 0) is 68.6 Å². The molecule has 0 aliphatic carbocycles. The summed E-state index contributed by atoms with van der Waals surface area (Å²) in [7, 11) is 3.12. The number of aromatic amines is 1. The summed E-state index contributed by atoms with van der Waals surface area (Å²) < 4.78 is 10.8. The minimum absolute atomic E-state index is 0.0334. The van der Waals surface area contributed by atoms with Crippen LogP contribution in [0.25, 0.3) is 10.9 Å². The highest BCUT2D eigenvalue weighted by molar-refractivity contribution is 6.18. The Morgan fingerprint density at radius 2 is 1.67 bits per heavy atom. The van der Waals surface area contributed by atoms with Crippen LogP contribution in [0.15, 0.2) is 79.0 Å². The molecule has 3 aromatic carbocycles. The fourth-order valence-electron chi connectivity index (χ4n) is 5.14. The van der Waals surface area contributed by atoms with Crippen LogP contribution in [0.1, 0.15) is 30.4 Å². The Bertz CT molecular complexity index is 1510. The Balaban J connectivity index is 0.000000353. The summed E-state index contributed by atoms with van der Waals surface area (Å²) in [5.74, 6) is 1.40. The van der Waals surface area contributed by atoms with Crippen molar-refractivity contribution in [2.75, 3.05) is 38.8 Å². The van der Waals surface area contributed by atoms with Gasteiger partial charge in [0.2, 0.25) is 5.91 Å². The average molecular weight is 583 g/mol. The minimum Gasteiger partial charge on any atom is -0.497 e. The number of anilines is 1. The third kappa shape index (κ3) is 8.45. The first kappa shape index (κ1) is 31.3. The van der Waals surface area contributed by atoms with E-state index in [1.807, 2.05) is 42.6 Å². The lowest BCUT2D eigenvalue weighted by Crippen LogP contribution is -2.45. The zero-order valence-corrected chi connectivity index (χ0v) is 25.2. The predicted molar refractivity (Wildman–Crippen MR) is 174 cm³/mol. The van der Waals surface area contributed by atoms with Crippen LogP contribution in [-0.2, 0) is 11.2 Å². The number of hydrogen-bond donors (Lipinski definition) is 5. The molecule has 1 aliphatic rings. The Morgan fingerprint density at radius 1 is 0.953 bits per heavy atom. The number of fused-ring (bicyclic) bond motifs is 1. The molecule has 1 saturated heterocycles. The number of aryl methyl sites for hydroxylation is 2. The SMILES string of the molecule is COc1ccc(N(C(=N)CCc2ccccc2)C(=N)CNC(=O)C2CCNCC2)c(OC)c1.Cc1c[nH]c2ccccc12. The van der Waals surface area contributed by atoms with Gasteiger partial charge in [0, 0.05) is 35.5 Å². The van der Waals surface area contributed by atoms with Gasteiger partial charge >= 0.3 is 0 Å². The van der Waals surface area contributed by atoms with E-state index in [2.05, 4.69) is 40.7 Å². The minimum atomic E-state index is -0.0429. The van der Waals surface area contributed by atoms with Crippen molar-refractivity contribution in [3.63, 3.8) is 0 Å². The molecule has 0 unspecified atom stereocenters. The molecule has 0 bridgehead atoms. The zero-order valence-electron chi connectivity index (χ0n) is 25.2. The molecule has 226 valence electrons. The van der Waals surface area contributed by atoms with Crippen molar-refractivity contribution in [1.29, 1.82) is 10.8 Å². The van der Waals surface area contributed by atoms with Crippen LogP contribution in [0.5, 0.6) is 11.5 Å². The van der Waals surface area contributed by atoms with Crippen LogP contribution >= 0.6 is 0 Å². The highest BCUT2D eigenvalue weighted by atomic mass is 16.5. The zero-order chi connectivity index (χ0) is 30.6. The number of hydrogen-bond acceptors (Lipinski definition) is 6. The van der Waals surface area contributed by atoms with Crippen molar-refractivity contribution in [1.82, 2.24) is 15.6 Å². The molecule has 5 N–H and O–H groups in total. The van der Waals surface area contributed by atoms with Gasteiger partial charge in [0.05, 0.1) is 26.5 Å². The molecule has 0 atom stereocenters. The number of nitrogens with zero attached hydrogens (tertiary/aromatic N) is 1. The number of amidine groups is 2. The normalized spacial score (nSPS) is 13.0. The van der Waals surface area contributed by atoms with Crippen molar-refractivity contribution in [3.8, 4) is 11.5 Å². The molecule has 1 aliphatic heterocycles. The van der Waals surface area contributed by atoms with Crippen molar-refractivity contribution < 1.29 is 14.3 Å². The van der Waals surface area contributed by atoms with Gasteiger partial charge in [-0.2, -0.15) is 0 Å². The van der Waals surface area contributed by atoms with Crippen LogP contribution in [0.2, 0.25) is 0 Å². The van der Waals surface area contributed by atoms with Crippen LogP contribution in [0, 0.1) is 23.7 Å². The molecule has 5 rings (SSSR count). The van der Waals surface area contributed by atoms with Gasteiger partial charge < -0.3 is 25.1 Å². The summed E-state index contributed by atoms with van der Waals surface area (Å²) in [6.07, 6.45) is 4.72. The molecule has 9 heteroatoms. The predicted octanol–water partition coefficient (Wildman–Crippen LogP) is 5.69. The van der Waals surface area contributed by atoms with Gasteiger partial charge in [0.1, 0.15) is 23.2 Å². The van der Waals surface area contributed by atoms with Crippen molar-refractivity contribution in [2.45, 2.75) is 32.6 Å². The van der Waals surface area contributed by atoms with E-state index < -0.39 is 0 Å². The van der Waals surface area contributed by atoms with Crippen molar-refractivity contribution >= 4 is 34.2 Å². The summed E-state index contributed by atoms with van der Waals surface area (Å²) in [5, 5.41) is 25.0. The molecule has 43 heavy (non-hydrogen) atoms. The molecule has 4 aromatic rings. The summed E-state index contributed by atoms with van der Waals surface area (Å²) in [6.45, 7) is 3.80. The maximum absolute atomic E-state index is 12.6. The van der Waals surface area contributed by atoms with E-state index in [1.165, 1.54) is 16.5 Å². The Kier molecular flexibility index (Phi) is 11.3. The lowest BCUT2D eigenvalue weighted by Gasteiger charge is -2.28. The first-order chi connectivity index (χ1) is 20.9. The van der Waals surface area contributed by atoms with Gasteiger partial charge in [-0.25, -0.2) is 0 Å². The molecule has 9 nitrogen and oxygen atoms in total. The van der Waals surface area contributed by atoms with Gasteiger partial charge in [0.15, 0.2) is 0 Å². The highest BCUT2D eigenvalue weighted by Crippen LogP contribution is 2.33. The number of carbonyl (C=O) groups excluding carboxylic acids is 1. The fourth-order valence-corrected chi connectivity index (χ4v) is 5.14. The van der Waals surface area contributed by atoms with E-state index in [-0.39, 0.29) is 30.0 Å². The number of nitrogens with one attached hydrogen (secondary N) is 5. The quantitative estimate of drug-likeness (QED) is 0.128. The van der Waals surface area contributed by atoms with Crippen LogP contribution in [0.4, 0.5) is 5.69 Å². The number of amides is 1. The van der Waals surface area contributed by atoms with Crippen LogP contribution in [0.3, 0.4) is 0 Å². The summed E-state index contributed by atoms with van der Waals surface area (Å²) in [4.78, 5) is 17.3. The molecule has 0 saturated carbocycles. The van der Waals surface area contributed by atoms with E-state index >= 15 is 0 Å². The number of para-hydroxylation sites is 1. The second kappa shape index (κ2) is 15.6. The lowest BCUT2D eigenvalue weighted by molar-refractivity contribution is -0.125. The topological polar surface area (TPSA) is 126 Å². The summed E-state index contributed by atoms with van der Waals surface area (Å²) >= 11 is 0. The second-order valence-electron chi connectivity index (χ2n) is 10.5. The third-order valence-electron chi connectivity index (χ3n) is 7.60. The Labute approximate surface area is 253 Å². The first-order valence-electron chi connectivity index (χ1n) is 14.6. The van der Waals surface area contributed by atoms with Crippen LogP contribution in [-0.4, -0.2) is 56.4 Å². The highest BCUT2D eigenvalue weighted by Gasteiger charge is 2.25. The largest absolute Gasteiger partial charge is 0.497 e. The van der Waals surface area contributed by atoms with E-state index in [4.69, 9.17) is 20.3 Å². The monoisotopic (exact) mass is 582 g/mol. The molecular formula is C34H42N6O3. The number of methoxy groups -OCH3 is 2. The summed E-state index contributed by atoms with van der Waals surface area (Å²) in [6, 6.07) is 23.5. The van der Waals surface area contributed by atoms with Gasteiger partial charge in [-0.1, -0.05) is 48.5 Å². The molecular weight excluding hydrogens is 540 g/mol. The van der Waals surface area contributed by atoms with E-state index in [0.29, 0.717) is 30.0 Å². The lowest BCUT2D eigenvalue weighted by atomic mass is 9.97. The smallest absolute Gasteiger partial charge is 0.223 e. The fraction of sp³-hybridized carbons (Fsp3) is 0.324. The van der Waals surface area contributed by atoms with Crippen molar-refractivity contribution in [3.05, 3.63) is 90.1 Å². The number of H-pyrrole nitrogens is 1. The number of ether oxygens (including phenoxy) is 2. The molecule has 1 fully saturated rings. The molecule has 0 radical (unpaired) electrons. The number of rotatable bonds is 9. The number of carbonyl (C=O) groups is 1. The first-order valence-corrected chi connectivity index (χ1v) is 14.6. The second-order valence-corrected chi connectivity index (χ2v) is 10.5. The van der Waals surface area contributed by atoms with Gasteiger partial charge in [0.25, 0.3) is 0 Å². The van der Waals surface area contributed by atoms with E-state index in [9.17, 15) is 4.79 Å². The maximum Gasteiger partial charge on any atom is 0.223 e. The summed E-state index contributed by atoms with van der Waals surface area (Å²) in [5.41, 5.74) is 4.22. The third-order valence-corrected chi connectivity index (χ3v) is 7.60. The Hall–Kier alpha value is -4.63. The van der Waals surface area contributed by atoms with E-state index in [1.54, 1.807) is 37.3 Å². The maximum atomic E-state index is 12.6. The van der Waals surface area contributed by atoms with Crippen LogP contribution < -0.4 is 25.0 Å². The van der Waals surface area contributed by atoms with E-state index in [0.717, 1.165) is 31.5 Å².